The second-order valence-corrected chi connectivity index (χ2v) is 8.29. The van der Waals surface area contributed by atoms with Crippen LogP contribution in [0.25, 0.3) is 22.2 Å². The molecule has 8 heteroatoms. The normalized spacial score (nSPS) is 11.9. The van der Waals surface area contributed by atoms with E-state index >= 15 is 0 Å². The van der Waals surface area contributed by atoms with Crippen LogP contribution in [0, 0.1) is 6.92 Å². The van der Waals surface area contributed by atoms with Crippen LogP contribution in [0.2, 0.25) is 0 Å². The number of hydrogen-bond acceptors (Lipinski definition) is 6. The lowest BCUT2D eigenvalue weighted by atomic mass is 10.1. The van der Waals surface area contributed by atoms with Crippen molar-refractivity contribution >= 4 is 22.8 Å². The quantitative estimate of drug-likeness (QED) is 0.266. The first-order chi connectivity index (χ1) is 17.6. The van der Waals surface area contributed by atoms with Crippen LogP contribution in [0.5, 0.6) is 0 Å². The molecule has 0 aliphatic rings. The fourth-order valence-corrected chi connectivity index (χ4v) is 3.77. The third kappa shape index (κ3) is 4.83. The Morgan fingerprint density at radius 2 is 1.78 bits per heavy atom. The maximum Gasteiger partial charge on any atom is 0.282 e. The summed E-state index contributed by atoms with van der Waals surface area (Å²) in [5.41, 5.74) is 5.62. The second-order valence-electron chi connectivity index (χ2n) is 8.29. The lowest BCUT2D eigenvalue weighted by molar-refractivity contribution is 0.122. The molecule has 3 aromatic carbocycles. The molecule has 5 rings (SSSR count). The Balaban J connectivity index is 1.49. The molecule has 0 bridgehead atoms. The first kappa shape index (κ1) is 22.9. The van der Waals surface area contributed by atoms with Gasteiger partial charge in [0.15, 0.2) is 12.4 Å². The number of aromatic nitrogens is 4. The van der Waals surface area contributed by atoms with Gasteiger partial charge in [-0.3, -0.25) is 9.89 Å². The molecule has 0 atom stereocenters. The van der Waals surface area contributed by atoms with Gasteiger partial charge in [-0.25, -0.2) is 4.98 Å². The Morgan fingerprint density at radius 1 is 1.03 bits per heavy atom. The number of oxime groups is 1. The Kier molecular flexibility index (Phi) is 6.48. The van der Waals surface area contributed by atoms with Crippen molar-refractivity contribution in [1.82, 2.24) is 19.9 Å². The molecular formula is C28H24N6O2. The molecule has 0 saturated carbocycles. The van der Waals surface area contributed by atoms with E-state index in [4.69, 9.17) is 4.84 Å². The van der Waals surface area contributed by atoms with Gasteiger partial charge in [0.1, 0.15) is 0 Å². The van der Waals surface area contributed by atoms with E-state index in [-0.39, 0.29) is 12.2 Å². The molecule has 2 heterocycles. The molecule has 36 heavy (non-hydrogen) atoms. The summed E-state index contributed by atoms with van der Waals surface area (Å²) in [4.78, 5) is 23.5. The van der Waals surface area contributed by atoms with Gasteiger partial charge in [-0.2, -0.15) is 14.9 Å². The number of aromatic amines is 1. The molecule has 5 aromatic rings. The highest BCUT2D eigenvalue weighted by Gasteiger charge is 2.12. The summed E-state index contributed by atoms with van der Waals surface area (Å²) in [6.07, 6.45) is 3.26. The van der Waals surface area contributed by atoms with Gasteiger partial charge < -0.3 is 4.84 Å². The molecule has 1 N–H and O–H groups in total. The summed E-state index contributed by atoms with van der Waals surface area (Å²) in [5, 5.41) is 16.3. The van der Waals surface area contributed by atoms with Crippen molar-refractivity contribution in [3.8, 4) is 11.3 Å². The van der Waals surface area contributed by atoms with Gasteiger partial charge in [0, 0.05) is 11.1 Å². The second kappa shape index (κ2) is 10.2. The largest absolute Gasteiger partial charge is 0.387 e. The SMILES string of the molecule is CC(=NOCc1nc2ccccc2c(=O)n1/N=C/c1cn[nH]c1-c1ccc(C)cc1)c1ccccc1. The van der Waals surface area contributed by atoms with Crippen LogP contribution in [0.3, 0.4) is 0 Å². The molecule has 8 nitrogen and oxygen atoms in total. The smallest absolute Gasteiger partial charge is 0.282 e. The summed E-state index contributed by atoms with van der Waals surface area (Å²) in [5.74, 6) is 0.333. The molecular weight excluding hydrogens is 452 g/mol. The number of para-hydroxylation sites is 1. The van der Waals surface area contributed by atoms with Crippen LogP contribution in [0.4, 0.5) is 0 Å². The number of H-pyrrole nitrogens is 1. The number of rotatable bonds is 7. The van der Waals surface area contributed by atoms with Crippen LogP contribution in [-0.4, -0.2) is 31.8 Å². The van der Waals surface area contributed by atoms with Gasteiger partial charge in [-0.1, -0.05) is 77.4 Å². The average Bonchev–Trinajstić information content (AvgIpc) is 3.38. The van der Waals surface area contributed by atoms with Gasteiger partial charge in [0.05, 0.1) is 34.7 Å². The predicted octanol–water partition coefficient (Wildman–Crippen LogP) is 4.92. The van der Waals surface area contributed by atoms with Gasteiger partial charge in [-0.15, -0.1) is 0 Å². The molecule has 0 aliphatic heterocycles. The molecule has 0 aliphatic carbocycles. The fourth-order valence-electron chi connectivity index (χ4n) is 3.77. The summed E-state index contributed by atoms with van der Waals surface area (Å²) in [6.45, 7) is 3.87. The van der Waals surface area contributed by atoms with E-state index in [1.165, 1.54) is 4.68 Å². The first-order valence-corrected chi connectivity index (χ1v) is 11.5. The maximum absolute atomic E-state index is 13.3. The van der Waals surface area contributed by atoms with E-state index in [1.807, 2.05) is 74.5 Å². The standard InChI is InChI=1S/C28H24N6O2/c1-19-12-14-22(15-13-19)27-23(16-29-32-27)17-30-34-26(31-25-11-7-6-10-24(25)28(34)35)18-36-33-20(2)21-8-4-3-5-9-21/h3-17H,18H2,1-2H3,(H,29,32)/b30-17+,33-20?. The van der Waals surface area contributed by atoms with Crippen LogP contribution in [0.1, 0.15) is 29.4 Å². The van der Waals surface area contributed by atoms with Crippen LogP contribution >= 0.6 is 0 Å². The zero-order chi connectivity index (χ0) is 24.9. The van der Waals surface area contributed by atoms with Crippen molar-refractivity contribution in [2.24, 2.45) is 10.3 Å². The van der Waals surface area contributed by atoms with E-state index in [1.54, 1.807) is 30.6 Å². The molecule has 0 unspecified atom stereocenters. The van der Waals surface area contributed by atoms with E-state index in [9.17, 15) is 4.79 Å². The highest BCUT2D eigenvalue weighted by molar-refractivity contribution is 5.98. The van der Waals surface area contributed by atoms with Crippen molar-refractivity contribution in [2.45, 2.75) is 20.5 Å². The fraction of sp³-hybridized carbons (Fsp3) is 0.107. The summed E-state index contributed by atoms with van der Waals surface area (Å²) >= 11 is 0. The molecule has 0 spiro atoms. The Bertz CT molecular complexity index is 1620. The minimum atomic E-state index is -0.292. The zero-order valence-electron chi connectivity index (χ0n) is 19.9. The minimum Gasteiger partial charge on any atom is -0.387 e. The van der Waals surface area contributed by atoms with Crippen molar-refractivity contribution < 1.29 is 4.84 Å². The van der Waals surface area contributed by atoms with Crippen molar-refractivity contribution in [1.29, 1.82) is 0 Å². The maximum atomic E-state index is 13.3. The average molecular weight is 477 g/mol. The van der Waals surface area contributed by atoms with Crippen molar-refractivity contribution in [3.63, 3.8) is 0 Å². The summed E-state index contributed by atoms with van der Waals surface area (Å²) in [6, 6.07) is 25.0. The number of hydrogen-bond donors (Lipinski definition) is 1. The monoisotopic (exact) mass is 476 g/mol. The number of benzene rings is 3. The summed E-state index contributed by atoms with van der Waals surface area (Å²) < 4.78 is 1.25. The Hall–Kier alpha value is -4.85. The Morgan fingerprint density at radius 3 is 2.58 bits per heavy atom. The topological polar surface area (TPSA) is 97.5 Å². The lowest BCUT2D eigenvalue weighted by Gasteiger charge is -2.09. The van der Waals surface area contributed by atoms with E-state index in [0.717, 1.165) is 33.7 Å². The first-order valence-electron chi connectivity index (χ1n) is 11.5. The van der Waals surface area contributed by atoms with Crippen molar-refractivity contribution in [2.75, 3.05) is 0 Å². The molecule has 0 radical (unpaired) electrons. The van der Waals surface area contributed by atoms with Crippen LogP contribution in [-0.2, 0) is 11.4 Å². The van der Waals surface area contributed by atoms with Crippen molar-refractivity contribution in [3.05, 3.63) is 118 Å². The number of fused-ring (bicyclic) bond motifs is 1. The highest BCUT2D eigenvalue weighted by atomic mass is 16.6. The minimum absolute atomic E-state index is 0.0300. The number of nitrogens with one attached hydrogen (secondary N) is 1. The molecule has 0 saturated heterocycles. The Labute approximate surface area is 207 Å². The van der Waals surface area contributed by atoms with Gasteiger partial charge >= 0.3 is 0 Å². The molecule has 178 valence electrons. The van der Waals surface area contributed by atoms with Crippen LogP contribution < -0.4 is 5.56 Å². The van der Waals surface area contributed by atoms with E-state index in [2.05, 4.69) is 25.4 Å². The van der Waals surface area contributed by atoms with Gasteiger partial charge in [0.25, 0.3) is 5.56 Å². The van der Waals surface area contributed by atoms with Gasteiger partial charge in [0.2, 0.25) is 0 Å². The number of nitrogens with zero attached hydrogens (tertiary/aromatic N) is 5. The van der Waals surface area contributed by atoms with Gasteiger partial charge in [-0.05, 0) is 31.5 Å². The van der Waals surface area contributed by atoms with E-state index in [0.29, 0.717) is 16.7 Å². The highest BCUT2D eigenvalue weighted by Crippen LogP contribution is 2.20. The number of aryl methyl sites for hydroxylation is 1. The summed E-state index contributed by atoms with van der Waals surface area (Å²) in [7, 11) is 0. The third-order valence-corrected chi connectivity index (χ3v) is 5.73. The third-order valence-electron chi connectivity index (χ3n) is 5.73. The molecule has 0 amide bonds. The predicted molar refractivity (Wildman–Crippen MR) is 141 cm³/mol. The van der Waals surface area contributed by atoms with E-state index < -0.39 is 0 Å². The van der Waals surface area contributed by atoms with Crippen LogP contribution in [0.15, 0.2) is 100 Å². The molecule has 0 fully saturated rings. The zero-order valence-corrected chi connectivity index (χ0v) is 19.9. The lowest BCUT2D eigenvalue weighted by Crippen LogP contribution is -2.22. The molecule has 2 aromatic heterocycles.